The molecule has 3 fully saturated rings. The summed E-state index contributed by atoms with van der Waals surface area (Å²) in [4.78, 5) is 199. The molecule has 3 rings (SSSR count). The number of rotatable bonds is 45. The predicted molar refractivity (Wildman–Crippen MR) is 350 cm³/mol. The van der Waals surface area contributed by atoms with E-state index < -0.39 is 219 Å². The average Bonchev–Trinajstić information content (AvgIpc) is 0.801. The summed E-state index contributed by atoms with van der Waals surface area (Å²) in [5.41, 5.74) is 6.14. The molecule has 3 saturated heterocycles. The lowest BCUT2D eigenvalue weighted by molar-refractivity contribution is -0.279. The predicted octanol–water partition coefficient (Wildman–Crippen LogP) is -5.22. The van der Waals surface area contributed by atoms with E-state index in [0.29, 0.717) is 0 Å². The normalized spacial score (nSPS) is 24.4. The highest BCUT2D eigenvalue weighted by atomic mass is 16.7. The van der Waals surface area contributed by atoms with Crippen molar-refractivity contribution in [2.75, 3.05) is 98.9 Å². The SMILES string of the molecule is CC(=O)NC1C(OCCOCCNC(=O)CCC(NC(=O)CCC(N)C(=O)NCCOCCOC2OC(COC(C)=O)C(OC(C)=O)C(OC(C)=O)C2NC(C)=O)C(=O)NCCOCCOC2OC(COC(C)=O)C(OC(C)=O)C(OC(C)=O)C2NC(C)=O)OC(COC(C)=O)C(OC(C)=O)C1OC(C)=O. The highest BCUT2D eigenvalue weighted by Gasteiger charge is 2.54. The molecule has 3 aliphatic rings. The van der Waals surface area contributed by atoms with Crippen LogP contribution in [0.25, 0.3) is 0 Å². The molecular formula is C64H100N8O34. The molecule has 0 spiro atoms. The van der Waals surface area contributed by atoms with Gasteiger partial charge in [-0.15, -0.1) is 0 Å². The number of esters is 9. The van der Waals surface area contributed by atoms with Crippen LogP contribution in [0.3, 0.4) is 0 Å². The van der Waals surface area contributed by atoms with Crippen molar-refractivity contribution in [1.29, 1.82) is 0 Å². The standard InChI is InChI=1S/C64H100N8O34/c1-32(73)69-51-57(101-41(10)82)54(98-38(7)79)46(29-95-35(4)76)104-62(51)92-26-23-89-20-17-66-49(85)16-14-45(61(88)68-19-22-91-25-28-94-64-53(71-34(3)75)59(103-43(12)84)56(100-40(9)81)48(106-64)31-97-37(6)78)72-50(86)15-13-44(65)60(87)67-18-21-90-24-27-93-63-52(70-33(2)74)58(102-42(11)83)55(99-39(8)80)47(105-63)30-96-36(5)77/h44-48,51-59,62-64H,13-31,65H2,1-12H3,(H,66,85)(H,67,87)(H,68,88)(H,69,73)(H,70,74)(H,71,75)(H,72,86). The Morgan fingerprint density at radius 3 is 0.934 bits per heavy atom. The van der Waals surface area contributed by atoms with Crippen LogP contribution in [0, 0.1) is 0 Å². The van der Waals surface area contributed by atoms with Crippen LogP contribution in [0.5, 0.6) is 0 Å². The van der Waals surface area contributed by atoms with Gasteiger partial charge in [0, 0.05) is 116 Å². The zero-order chi connectivity index (χ0) is 79.2. The molecule has 600 valence electrons. The highest BCUT2D eigenvalue weighted by molar-refractivity contribution is 5.89. The van der Waals surface area contributed by atoms with Crippen LogP contribution in [0.2, 0.25) is 0 Å². The number of nitrogens with two attached hydrogens (primary N) is 1. The third-order valence-corrected chi connectivity index (χ3v) is 14.7. The first-order valence-electron chi connectivity index (χ1n) is 33.7. The maximum atomic E-state index is 13.7. The van der Waals surface area contributed by atoms with Crippen LogP contribution in [0.1, 0.15) is 109 Å². The van der Waals surface area contributed by atoms with Crippen LogP contribution >= 0.6 is 0 Å². The molecule has 9 N–H and O–H groups in total. The Kier molecular flexibility index (Phi) is 41.7. The Morgan fingerprint density at radius 1 is 0.340 bits per heavy atom. The van der Waals surface area contributed by atoms with Gasteiger partial charge in [-0.1, -0.05) is 0 Å². The molecule has 0 aromatic heterocycles. The van der Waals surface area contributed by atoms with Crippen molar-refractivity contribution >= 4 is 95.1 Å². The number of hydrogen-bond acceptors (Lipinski definition) is 35. The number of hydrogen-bond donors (Lipinski definition) is 8. The largest absolute Gasteiger partial charge is 0.463 e. The minimum absolute atomic E-state index is 0.0700. The number of ether oxygens (including phenoxy) is 18. The van der Waals surface area contributed by atoms with Gasteiger partial charge in [-0.3, -0.25) is 76.7 Å². The lowest BCUT2D eigenvalue weighted by atomic mass is 9.96. The molecule has 42 nitrogen and oxygen atoms in total. The van der Waals surface area contributed by atoms with Gasteiger partial charge in [0.15, 0.2) is 55.5 Å². The Labute approximate surface area is 610 Å². The van der Waals surface area contributed by atoms with E-state index >= 15 is 0 Å². The fraction of sp³-hybridized carbons (Fsp3) is 0.750. The third kappa shape index (κ3) is 35.5. The fourth-order valence-electron chi connectivity index (χ4n) is 10.6. The van der Waals surface area contributed by atoms with Crippen molar-refractivity contribution in [3.8, 4) is 0 Å². The van der Waals surface area contributed by atoms with E-state index in [2.05, 4.69) is 37.2 Å². The zero-order valence-electron chi connectivity index (χ0n) is 61.2. The molecule has 0 saturated carbocycles. The van der Waals surface area contributed by atoms with Crippen molar-refractivity contribution < 1.29 is 162 Å². The van der Waals surface area contributed by atoms with Crippen molar-refractivity contribution in [2.24, 2.45) is 5.73 Å². The average molecular weight is 1530 g/mol. The number of carbonyl (C=O) groups is 16. The van der Waals surface area contributed by atoms with Gasteiger partial charge in [-0.25, -0.2) is 0 Å². The molecule has 0 radical (unpaired) electrons. The first kappa shape index (κ1) is 91.3. The van der Waals surface area contributed by atoms with Gasteiger partial charge in [0.2, 0.25) is 41.4 Å². The molecule has 17 unspecified atom stereocenters. The van der Waals surface area contributed by atoms with Crippen LogP contribution in [0.15, 0.2) is 0 Å². The van der Waals surface area contributed by atoms with Crippen LogP contribution in [-0.2, 0) is 162 Å². The summed E-state index contributed by atoms with van der Waals surface area (Å²) in [5.74, 6) is -11.5. The lowest BCUT2D eigenvalue weighted by Gasteiger charge is -2.44. The molecule has 0 aromatic carbocycles. The molecule has 3 aliphatic heterocycles. The first-order chi connectivity index (χ1) is 50.1. The second-order valence-corrected chi connectivity index (χ2v) is 23.8. The van der Waals surface area contributed by atoms with Crippen LogP contribution < -0.4 is 43.0 Å². The van der Waals surface area contributed by atoms with E-state index in [1.54, 1.807) is 0 Å². The molecule has 17 atom stereocenters. The number of amides is 7. The minimum Gasteiger partial charge on any atom is -0.463 e. The summed E-state index contributed by atoms with van der Waals surface area (Å²) in [7, 11) is 0. The Morgan fingerprint density at radius 2 is 0.632 bits per heavy atom. The quantitative estimate of drug-likeness (QED) is 0.0160. The van der Waals surface area contributed by atoms with E-state index in [9.17, 15) is 76.7 Å². The van der Waals surface area contributed by atoms with Crippen LogP contribution in [0.4, 0.5) is 0 Å². The van der Waals surface area contributed by atoms with E-state index in [0.717, 1.165) is 62.3 Å². The molecule has 0 bridgehead atoms. The summed E-state index contributed by atoms with van der Waals surface area (Å²) < 4.78 is 100. The maximum Gasteiger partial charge on any atom is 0.303 e. The molecule has 0 aromatic rings. The number of nitrogens with one attached hydrogen (secondary N) is 7. The van der Waals surface area contributed by atoms with Gasteiger partial charge in [0.25, 0.3) is 0 Å². The molecule has 106 heavy (non-hydrogen) atoms. The van der Waals surface area contributed by atoms with Crippen LogP contribution in [-0.4, -0.2) is 298 Å². The molecule has 42 heteroatoms. The number of carbonyl (C=O) groups excluding carboxylic acids is 16. The zero-order valence-corrected chi connectivity index (χ0v) is 61.2. The van der Waals surface area contributed by atoms with Gasteiger partial charge in [0.05, 0.1) is 65.5 Å². The van der Waals surface area contributed by atoms with Crippen molar-refractivity contribution in [3.63, 3.8) is 0 Å². The van der Waals surface area contributed by atoms with Gasteiger partial charge < -0.3 is 128 Å². The van der Waals surface area contributed by atoms with Crippen molar-refractivity contribution in [1.82, 2.24) is 37.2 Å². The minimum atomic E-state index is -1.39. The van der Waals surface area contributed by atoms with E-state index in [1.165, 1.54) is 20.8 Å². The second-order valence-electron chi connectivity index (χ2n) is 23.8. The second kappa shape index (κ2) is 48.3. The van der Waals surface area contributed by atoms with E-state index in [1.807, 2.05) is 0 Å². The maximum absolute atomic E-state index is 13.7. The third-order valence-electron chi connectivity index (χ3n) is 14.7. The summed E-state index contributed by atoms with van der Waals surface area (Å²) in [6.07, 6.45) is -17.1. The lowest BCUT2D eigenvalue weighted by Crippen LogP contribution is -2.66. The van der Waals surface area contributed by atoms with Gasteiger partial charge in [-0.05, 0) is 12.8 Å². The fourth-order valence-corrected chi connectivity index (χ4v) is 10.6. The van der Waals surface area contributed by atoms with Crippen molar-refractivity contribution in [2.45, 2.75) is 213 Å². The van der Waals surface area contributed by atoms with E-state index in [4.69, 9.17) is 91.0 Å². The van der Waals surface area contributed by atoms with E-state index in [-0.39, 0.29) is 105 Å². The summed E-state index contributed by atoms with van der Waals surface area (Å²) in [5, 5.41) is 18.1. The summed E-state index contributed by atoms with van der Waals surface area (Å²) >= 11 is 0. The Bertz CT molecular complexity index is 2960. The van der Waals surface area contributed by atoms with Gasteiger partial charge in [0.1, 0.15) is 62.3 Å². The molecule has 3 heterocycles. The molecule has 7 amide bonds. The molecule has 0 aliphatic carbocycles. The van der Waals surface area contributed by atoms with Crippen molar-refractivity contribution in [3.05, 3.63) is 0 Å². The van der Waals surface area contributed by atoms with Gasteiger partial charge >= 0.3 is 53.7 Å². The molecular weight excluding hydrogens is 1420 g/mol. The Hall–Kier alpha value is -8.88. The Balaban J connectivity index is 1.64. The summed E-state index contributed by atoms with van der Waals surface area (Å²) in [6, 6.07) is -6.32. The highest BCUT2D eigenvalue weighted by Crippen LogP contribution is 2.31. The topological polar surface area (TPSA) is 549 Å². The smallest absolute Gasteiger partial charge is 0.303 e. The van der Waals surface area contributed by atoms with Gasteiger partial charge in [-0.2, -0.15) is 0 Å². The first-order valence-corrected chi connectivity index (χ1v) is 33.7. The summed E-state index contributed by atoms with van der Waals surface area (Å²) in [6.45, 7) is 10.3. The monoisotopic (exact) mass is 1520 g/mol.